The monoisotopic (exact) mass is 698 g/mol. The van der Waals surface area contributed by atoms with Gasteiger partial charge in [0.25, 0.3) is 11.8 Å². The average Bonchev–Trinajstić information content (AvgIpc) is 3.62. The average molecular weight is 698 g/mol. The number of hydrogen-bond donors (Lipinski definition) is 6. The van der Waals surface area contributed by atoms with Crippen LogP contribution in [0.5, 0.6) is 5.88 Å². The van der Waals surface area contributed by atoms with Crippen molar-refractivity contribution in [2.75, 3.05) is 37.7 Å². The molecule has 1 aromatic carbocycles. The molecule has 22 heteroatoms. The summed E-state index contributed by atoms with van der Waals surface area (Å²) in [5.41, 5.74) is -0.318. The normalized spacial score (nSPS) is 19.2. The summed E-state index contributed by atoms with van der Waals surface area (Å²) >= 11 is 0. The second-order valence-corrected chi connectivity index (χ2v) is 14.3. The molecule has 2 aliphatic heterocycles. The van der Waals surface area contributed by atoms with Gasteiger partial charge in [-0.1, -0.05) is 6.08 Å². The Morgan fingerprint density at radius 1 is 1.24 bits per heavy atom. The quantitative estimate of drug-likeness (QED) is 0.142. The highest BCUT2D eigenvalue weighted by atomic mass is 31.3. The second kappa shape index (κ2) is 13.5. The summed E-state index contributed by atoms with van der Waals surface area (Å²) in [6.45, 7) is -1.28. The zero-order valence-electron chi connectivity index (χ0n) is 23.6. The number of nitrogens with zero attached hydrogens (tertiary/aromatic N) is 3. The summed E-state index contributed by atoms with van der Waals surface area (Å²) in [5, 5.41) is 10.2. The molecule has 3 atom stereocenters. The minimum absolute atomic E-state index is 0.0616. The van der Waals surface area contributed by atoms with E-state index in [0.29, 0.717) is 6.92 Å². The van der Waals surface area contributed by atoms with Crippen LogP contribution in [-0.4, -0.2) is 108 Å². The van der Waals surface area contributed by atoms with Crippen LogP contribution in [0, 0.1) is 11.6 Å². The summed E-state index contributed by atoms with van der Waals surface area (Å²) in [4.78, 5) is 85.4. The number of anilines is 1. The largest absolute Gasteiger partial charge is 0.512 e. The van der Waals surface area contributed by atoms with E-state index in [4.69, 9.17) is 9.47 Å². The molecule has 1 aromatic heterocycles. The first-order valence-electron chi connectivity index (χ1n) is 13.1. The molecule has 252 valence electrons. The molecule has 0 spiro atoms. The molecule has 0 bridgehead atoms. The van der Waals surface area contributed by atoms with Crippen molar-refractivity contribution in [1.29, 1.82) is 0 Å². The molecule has 4 rings (SSSR count). The maximum Gasteiger partial charge on any atom is 0.512 e. The lowest BCUT2D eigenvalue weighted by Crippen LogP contribution is -2.44. The molecule has 2 aliphatic rings. The van der Waals surface area contributed by atoms with Gasteiger partial charge in [-0.25, -0.2) is 18.4 Å². The van der Waals surface area contributed by atoms with Crippen molar-refractivity contribution in [3.8, 4) is 5.88 Å². The van der Waals surface area contributed by atoms with Gasteiger partial charge in [0, 0.05) is 31.6 Å². The summed E-state index contributed by atoms with van der Waals surface area (Å²) in [7, 11) is -11.1. The number of aliphatic hydroxyl groups is 1. The van der Waals surface area contributed by atoms with Gasteiger partial charge in [-0.05, 0) is 29.3 Å². The van der Waals surface area contributed by atoms with Gasteiger partial charge in [-0.15, -0.1) is 0 Å². The molecule has 2 aromatic rings. The van der Waals surface area contributed by atoms with E-state index < -0.39 is 74.8 Å². The lowest BCUT2D eigenvalue weighted by atomic mass is 9.97. The Labute approximate surface area is 258 Å². The fourth-order valence-corrected chi connectivity index (χ4v) is 6.09. The van der Waals surface area contributed by atoms with E-state index in [1.807, 2.05) is 0 Å². The van der Waals surface area contributed by atoms with Crippen molar-refractivity contribution >= 4 is 45.0 Å². The van der Waals surface area contributed by atoms with Crippen molar-refractivity contribution < 1.29 is 80.8 Å². The summed E-state index contributed by atoms with van der Waals surface area (Å²) in [6, 6.07) is 3.35. The van der Waals surface area contributed by atoms with Crippen LogP contribution in [0.15, 0.2) is 35.1 Å². The number of ether oxygens (including phenoxy) is 4. The van der Waals surface area contributed by atoms with Crippen LogP contribution in [-0.2, 0) is 23.6 Å². The number of amides is 2. The van der Waals surface area contributed by atoms with Gasteiger partial charge in [0.2, 0.25) is 0 Å². The molecular weight excluding hydrogens is 670 g/mol. The van der Waals surface area contributed by atoms with Crippen LogP contribution in [0.25, 0.3) is 5.57 Å². The van der Waals surface area contributed by atoms with Crippen LogP contribution in [0.2, 0.25) is 0 Å². The third-order valence-corrected chi connectivity index (χ3v) is 10.9. The van der Waals surface area contributed by atoms with E-state index in [0.717, 1.165) is 21.9 Å². The SMILES string of the molecule is CC(OC(=O)OC[C@H](O)C(=O)N1CC=C(c2c(F)cc(N3C[C@H](COc4ccon4)OC3=O)cc2F)CC1)(P(=O)(O)O)[P+](O)(O)O. The Morgan fingerprint density at radius 2 is 1.91 bits per heavy atom. The van der Waals surface area contributed by atoms with Gasteiger partial charge in [0.15, 0.2) is 12.2 Å². The maximum absolute atomic E-state index is 15.2. The molecule has 0 radical (unpaired) electrons. The lowest BCUT2D eigenvalue weighted by Gasteiger charge is -2.29. The Kier molecular flexibility index (Phi) is 10.3. The zero-order chi connectivity index (χ0) is 34.0. The predicted molar refractivity (Wildman–Crippen MR) is 148 cm³/mol. The number of halogens is 2. The molecule has 0 saturated carbocycles. The van der Waals surface area contributed by atoms with E-state index in [1.54, 1.807) is 0 Å². The van der Waals surface area contributed by atoms with E-state index in [1.165, 1.54) is 18.4 Å². The van der Waals surface area contributed by atoms with Gasteiger partial charge in [-0.3, -0.25) is 14.3 Å². The van der Waals surface area contributed by atoms with E-state index in [-0.39, 0.29) is 49.8 Å². The van der Waals surface area contributed by atoms with Crippen LogP contribution < -0.4 is 9.64 Å². The smallest absolute Gasteiger partial charge is 0.471 e. The molecule has 0 aliphatic carbocycles. The highest BCUT2D eigenvalue weighted by Crippen LogP contribution is 2.73. The fourth-order valence-electron chi connectivity index (χ4n) is 4.30. The maximum atomic E-state index is 15.2. The van der Waals surface area contributed by atoms with E-state index in [9.17, 15) is 48.5 Å². The van der Waals surface area contributed by atoms with Gasteiger partial charge < -0.3 is 43.3 Å². The van der Waals surface area contributed by atoms with Crippen LogP contribution in [0.3, 0.4) is 0 Å². The third kappa shape index (κ3) is 7.62. The third-order valence-electron chi connectivity index (χ3n) is 6.90. The van der Waals surface area contributed by atoms with Gasteiger partial charge in [0.05, 0.1) is 12.2 Å². The lowest BCUT2D eigenvalue weighted by molar-refractivity contribution is -0.142. The Morgan fingerprint density at radius 3 is 2.46 bits per heavy atom. The predicted octanol–water partition coefficient (Wildman–Crippen LogP) is 1.08. The first-order valence-corrected chi connectivity index (χ1v) is 16.3. The Bertz CT molecular complexity index is 1520. The molecule has 2 amide bonds. The van der Waals surface area contributed by atoms with E-state index >= 15 is 8.78 Å². The van der Waals surface area contributed by atoms with Crippen molar-refractivity contribution in [2.24, 2.45) is 0 Å². The van der Waals surface area contributed by atoms with Crippen LogP contribution in [0.1, 0.15) is 18.9 Å². The topological polar surface area (TPSA) is 259 Å². The summed E-state index contributed by atoms with van der Waals surface area (Å²) in [6.07, 6.45) is -3.05. The standard InChI is InChI=1S/C24H27F2N3O15P2/c1-24(45(34,35)36,46(37,38)39)44-23(33)41-12-18(30)21(31)28-5-2-13(3-6-28)20-16(25)8-14(9-17(20)26)29-10-15(43-22(29)32)11-40-19-4-7-42-27-19/h2,4,7-9,15,18,30,34-36H,3,5-6,10-12H2,1H3,(H-,37,38,39)/p+1/t15-,18+,24?/m1/s1. The van der Waals surface area contributed by atoms with E-state index in [2.05, 4.69) is 19.2 Å². The van der Waals surface area contributed by atoms with Crippen molar-refractivity contribution in [3.63, 3.8) is 0 Å². The minimum atomic E-state index is -5.67. The second-order valence-electron chi connectivity index (χ2n) is 10.0. The first-order chi connectivity index (χ1) is 21.4. The summed E-state index contributed by atoms with van der Waals surface area (Å²) < 4.78 is 65.6. The van der Waals surface area contributed by atoms with Gasteiger partial charge >= 0.3 is 32.9 Å². The number of cyclic esters (lactones) is 1. The molecule has 18 nitrogen and oxygen atoms in total. The van der Waals surface area contributed by atoms with Crippen LogP contribution >= 0.6 is 15.5 Å². The van der Waals surface area contributed by atoms with Gasteiger partial charge in [0.1, 0.15) is 31.1 Å². The molecular formula is C24H28F2N3O15P2+. The minimum Gasteiger partial charge on any atom is -0.471 e. The number of aliphatic hydroxyl groups excluding tert-OH is 1. The molecule has 6 N–H and O–H groups in total. The molecule has 1 saturated heterocycles. The zero-order valence-corrected chi connectivity index (χ0v) is 25.4. The Hall–Kier alpha value is -3.74. The number of aromatic nitrogens is 1. The number of benzene rings is 1. The number of carbonyl (C=O) groups excluding carboxylic acids is 3. The number of carbonyl (C=O) groups is 3. The number of rotatable bonds is 11. The number of hydrogen-bond acceptors (Lipinski definition) is 14. The molecule has 3 heterocycles. The molecule has 1 unspecified atom stereocenters. The fraction of sp³-hybridized carbons (Fsp3) is 0.417. The van der Waals surface area contributed by atoms with Crippen molar-refractivity contribution in [3.05, 3.63) is 47.7 Å². The van der Waals surface area contributed by atoms with Gasteiger partial charge in [-0.2, -0.15) is 14.7 Å². The van der Waals surface area contributed by atoms with Crippen molar-refractivity contribution in [2.45, 2.75) is 30.6 Å². The van der Waals surface area contributed by atoms with Crippen LogP contribution in [0.4, 0.5) is 24.1 Å². The molecule has 1 fully saturated rings. The Balaban J connectivity index is 1.33. The molecule has 46 heavy (non-hydrogen) atoms. The highest BCUT2D eigenvalue weighted by molar-refractivity contribution is 7.75. The highest BCUT2D eigenvalue weighted by Gasteiger charge is 2.71. The van der Waals surface area contributed by atoms with Crippen molar-refractivity contribution in [1.82, 2.24) is 10.1 Å². The summed E-state index contributed by atoms with van der Waals surface area (Å²) in [5.74, 6) is -2.83. The first kappa shape index (κ1) is 35.1.